The van der Waals surface area contributed by atoms with Gasteiger partial charge in [-0.3, -0.25) is 4.79 Å². The van der Waals surface area contributed by atoms with E-state index in [1.807, 2.05) is 20.8 Å². The van der Waals surface area contributed by atoms with E-state index in [-0.39, 0.29) is 12.1 Å². The van der Waals surface area contributed by atoms with Gasteiger partial charge in [0.25, 0.3) is 0 Å². The average Bonchev–Trinajstić information content (AvgIpc) is 2.39. The summed E-state index contributed by atoms with van der Waals surface area (Å²) in [5.41, 5.74) is -0.466. The van der Waals surface area contributed by atoms with Crippen molar-refractivity contribution in [3.8, 4) is 0 Å². The van der Waals surface area contributed by atoms with E-state index in [4.69, 9.17) is 4.74 Å². The number of carbonyl (C=O) groups is 2. The predicted molar refractivity (Wildman–Crippen MR) is 65.9 cm³/mol. The largest absolute Gasteiger partial charge is 0.444 e. The van der Waals surface area contributed by atoms with Crippen molar-refractivity contribution in [1.29, 1.82) is 0 Å². The van der Waals surface area contributed by atoms with E-state index in [1.54, 1.807) is 11.9 Å². The van der Waals surface area contributed by atoms with Crippen LogP contribution in [0.4, 0.5) is 4.79 Å². The van der Waals surface area contributed by atoms with Crippen molar-refractivity contribution in [3.63, 3.8) is 0 Å². The van der Waals surface area contributed by atoms with Crippen LogP contribution < -0.4 is 0 Å². The van der Waals surface area contributed by atoms with E-state index in [2.05, 4.69) is 0 Å². The van der Waals surface area contributed by atoms with Crippen molar-refractivity contribution in [1.82, 2.24) is 4.90 Å². The Labute approximate surface area is 103 Å². The minimum atomic E-state index is -0.466. The Morgan fingerprint density at radius 3 is 2.53 bits per heavy atom. The van der Waals surface area contributed by atoms with Gasteiger partial charge in [0.1, 0.15) is 11.4 Å². The van der Waals surface area contributed by atoms with Crippen LogP contribution in [-0.4, -0.2) is 35.5 Å². The molecule has 1 aliphatic rings. The van der Waals surface area contributed by atoms with Gasteiger partial charge < -0.3 is 9.64 Å². The Balaban J connectivity index is 2.53. The van der Waals surface area contributed by atoms with E-state index in [0.717, 1.165) is 19.3 Å². The van der Waals surface area contributed by atoms with Gasteiger partial charge in [-0.1, -0.05) is 0 Å². The van der Waals surface area contributed by atoms with E-state index in [1.165, 1.54) is 0 Å². The second-order valence-electron chi connectivity index (χ2n) is 5.71. The van der Waals surface area contributed by atoms with Crippen molar-refractivity contribution < 1.29 is 14.3 Å². The van der Waals surface area contributed by atoms with E-state index < -0.39 is 5.60 Å². The van der Waals surface area contributed by atoms with Crippen LogP contribution in [0.1, 0.15) is 52.9 Å². The minimum absolute atomic E-state index is 0.135. The van der Waals surface area contributed by atoms with Crippen LogP contribution >= 0.6 is 0 Å². The van der Waals surface area contributed by atoms with Crippen molar-refractivity contribution >= 4 is 11.9 Å². The molecule has 1 atom stereocenters. The summed E-state index contributed by atoms with van der Waals surface area (Å²) in [7, 11) is 1.76. The molecule has 98 valence electrons. The number of nitrogens with zero attached hydrogens (tertiary/aromatic N) is 1. The third kappa shape index (κ3) is 4.75. The molecular weight excluding hydrogens is 218 g/mol. The predicted octanol–water partition coefficient (Wildman–Crippen LogP) is 2.76. The first-order chi connectivity index (χ1) is 7.79. The SMILES string of the molecule is CN(C(=O)OC(C)(C)C)[C@H]1CCCC(=O)CC1. The summed E-state index contributed by atoms with van der Waals surface area (Å²) in [4.78, 5) is 24.8. The van der Waals surface area contributed by atoms with Crippen molar-refractivity contribution in [2.24, 2.45) is 0 Å². The maximum atomic E-state index is 11.9. The summed E-state index contributed by atoms with van der Waals surface area (Å²) in [6.07, 6.45) is 3.46. The lowest BCUT2D eigenvalue weighted by molar-refractivity contribution is -0.119. The Hall–Kier alpha value is -1.06. The van der Waals surface area contributed by atoms with Gasteiger partial charge in [-0.05, 0) is 40.0 Å². The molecule has 1 aliphatic carbocycles. The van der Waals surface area contributed by atoms with Gasteiger partial charge in [-0.25, -0.2) is 4.79 Å². The summed E-state index contributed by atoms with van der Waals surface area (Å²) in [6.45, 7) is 5.57. The van der Waals surface area contributed by atoms with Crippen molar-refractivity contribution in [3.05, 3.63) is 0 Å². The molecule has 0 spiro atoms. The molecule has 0 unspecified atom stereocenters. The van der Waals surface area contributed by atoms with Gasteiger partial charge in [0.05, 0.1) is 0 Å². The van der Waals surface area contributed by atoms with Gasteiger partial charge in [-0.2, -0.15) is 0 Å². The number of amides is 1. The Morgan fingerprint density at radius 2 is 1.94 bits per heavy atom. The van der Waals surface area contributed by atoms with Gasteiger partial charge in [0, 0.05) is 25.9 Å². The first-order valence-electron chi connectivity index (χ1n) is 6.27. The highest BCUT2D eigenvalue weighted by Crippen LogP contribution is 2.21. The maximum Gasteiger partial charge on any atom is 0.410 e. The molecule has 1 saturated carbocycles. The molecule has 1 amide bonds. The molecule has 1 fully saturated rings. The first-order valence-corrected chi connectivity index (χ1v) is 6.27. The summed E-state index contributed by atoms with van der Waals surface area (Å²) in [5, 5.41) is 0. The smallest absolute Gasteiger partial charge is 0.410 e. The minimum Gasteiger partial charge on any atom is -0.444 e. The van der Waals surface area contributed by atoms with Crippen LogP contribution in [0.5, 0.6) is 0 Å². The molecule has 0 aromatic carbocycles. The second kappa shape index (κ2) is 5.52. The van der Waals surface area contributed by atoms with Crippen LogP contribution in [0.15, 0.2) is 0 Å². The number of hydrogen-bond acceptors (Lipinski definition) is 3. The van der Waals surface area contributed by atoms with Crippen molar-refractivity contribution in [2.75, 3.05) is 7.05 Å². The number of rotatable bonds is 1. The standard InChI is InChI=1S/C13H23NO3/c1-13(2,3)17-12(16)14(4)10-6-5-7-11(15)9-8-10/h10H,5-9H2,1-4H3/t10-/m0/s1. The van der Waals surface area contributed by atoms with Crippen LogP contribution in [0.2, 0.25) is 0 Å². The Kier molecular flexibility index (Phi) is 4.54. The van der Waals surface area contributed by atoms with Crippen LogP contribution in [-0.2, 0) is 9.53 Å². The molecule has 17 heavy (non-hydrogen) atoms. The molecule has 0 aromatic heterocycles. The van der Waals surface area contributed by atoms with Gasteiger partial charge >= 0.3 is 6.09 Å². The highest BCUT2D eigenvalue weighted by atomic mass is 16.6. The van der Waals surface area contributed by atoms with Gasteiger partial charge in [0.2, 0.25) is 0 Å². The van der Waals surface area contributed by atoms with Crippen LogP contribution in [0, 0.1) is 0 Å². The molecule has 0 heterocycles. The summed E-state index contributed by atoms with van der Waals surface area (Å²) in [5.74, 6) is 0.310. The van der Waals surface area contributed by atoms with E-state index in [0.29, 0.717) is 18.6 Å². The van der Waals surface area contributed by atoms with Gasteiger partial charge in [-0.15, -0.1) is 0 Å². The zero-order chi connectivity index (χ0) is 13.1. The molecular formula is C13H23NO3. The highest BCUT2D eigenvalue weighted by molar-refractivity contribution is 5.78. The second-order valence-corrected chi connectivity index (χ2v) is 5.71. The maximum absolute atomic E-state index is 11.9. The van der Waals surface area contributed by atoms with Crippen molar-refractivity contribution in [2.45, 2.75) is 64.5 Å². The number of carbonyl (C=O) groups excluding carboxylic acids is 2. The quantitative estimate of drug-likeness (QED) is 0.663. The number of Topliss-reactive ketones (excluding diaryl/α,β-unsaturated/α-hetero) is 1. The molecule has 1 rings (SSSR count). The molecule has 4 heteroatoms. The number of ketones is 1. The topological polar surface area (TPSA) is 46.6 Å². The zero-order valence-corrected chi connectivity index (χ0v) is 11.3. The molecule has 4 nitrogen and oxygen atoms in total. The third-order valence-corrected chi connectivity index (χ3v) is 2.98. The van der Waals surface area contributed by atoms with E-state index in [9.17, 15) is 9.59 Å². The van der Waals surface area contributed by atoms with Crippen LogP contribution in [0.3, 0.4) is 0 Å². The first kappa shape index (κ1) is 14.0. The number of ether oxygens (including phenoxy) is 1. The van der Waals surface area contributed by atoms with E-state index >= 15 is 0 Å². The number of hydrogen-bond donors (Lipinski definition) is 0. The Morgan fingerprint density at radius 1 is 1.29 bits per heavy atom. The molecule has 0 aromatic rings. The fourth-order valence-electron chi connectivity index (χ4n) is 2.00. The zero-order valence-electron chi connectivity index (χ0n) is 11.3. The molecule has 0 saturated heterocycles. The fourth-order valence-corrected chi connectivity index (χ4v) is 2.00. The molecule has 0 aliphatic heterocycles. The lowest BCUT2D eigenvalue weighted by Crippen LogP contribution is -2.40. The summed E-state index contributed by atoms with van der Waals surface area (Å²) < 4.78 is 5.32. The molecule has 0 radical (unpaired) electrons. The molecule has 0 bridgehead atoms. The Bertz CT molecular complexity index is 294. The normalized spacial score (nSPS) is 21.9. The lowest BCUT2D eigenvalue weighted by atomic mass is 10.1. The fraction of sp³-hybridized carbons (Fsp3) is 0.846. The molecule has 0 N–H and O–H groups in total. The highest BCUT2D eigenvalue weighted by Gasteiger charge is 2.26. The lowest BCUT2D eigenvalue weighted by Gasteiger charge is -2.30. The summed E-state index contributed by atoms with van der Waals surface area (Å²) in [6, 6.07) is 0.135. The van der Waals surface area contributed by atoms with Gasteiger partial charge in [0.15, 0.2) is 0 Å². The monoisotopic (exact) mass is 241 g/mol. The van der Waals surface area contributed by atoms with Crippen LogP contribution in [0.25, 0.3) is 0 Å². The third-order valence-electron chi connectivity index (χ3n) is 2.98. The average molecular weight is 241 g/mol. The summed E-state index contributed by atoms with van der Waals surface area (Å²) >= 11 is 0.